The molecule has 0 spiro atoms. The monoisotopic (exact) mass is 311 g/mol. The number of nitrogens with two attached hydrogens (primary N) is 1. The molecule has 0 aliphatic rings. The van der Waals surface area contributed by atoms with Gasteiger partial charge in [0, 0.05) is 12.2 Å². The van der Waals surface area contributed by atoms with Gasteiger partial charge in [0.2, 0.25) is 5.91 Å². The second-order valence-corrected chi connectivity index (χ2v) is 4.96. The molecule has 4 N–H and O–H groups in total. The Labute approximate surface area is 133 Å². The number of carbonyl (C=O) groups is 3. The summed E-state index contributed by atoms with van der Waals surface area (Å²) < 4.78 is 0. The fourth-order valence-electron chi connectivity index (χ4n) is 1.95. The Morgan fingerprint density at radius 2 is 1.48 bits per heavy atom. The van der Waals surface area contributed by atoms with Crippen molar-refractivity contribution in [2.45, 2.75) is 13.0 Å². The van der Waals surface area contributed by atoms with E-state index in [2.05, 4.69) is 10.6 Å². The summed E-state index contributed by atoms with van der Waals surface area (Å²) in [6.07, 6.45) is 0.131. The number of rotatable bonds is 5. The van der Waals surface area contributed by atoms with Crippen molar-refractivity contribution in [3.05, 3.63) is 65.7 Å². The first kappa shape index (κ1) is 16.2. The minimum Gasteiger partial charge on any atom is -0.369 e. The maximum atomic E-state index is 11.8. The predicted octanol–water partition coefficient (Wildman–Crippen LogP) is 0.969. The minimum atomic E-state index is -0.747. The van der Waals surface area contributed by atoms with E-state index in [1.54, 1.807) is 24.3 Å². The average molecular weight is 311 g/mol. The molecule has 2 aromatic carbocycles. The molecule has 0 saturated heterocycles. The van der Waals surface area contributed by atoms with Crippen molar-refractivity contribution in [3.8, 4) is 0 Å². The van der Waals surface area contributed by atoms with Crippen LogP contribution in [0.4, 0.5) is 5.69 Å². The molecule has 0 fully saturated rings. The van der Waals surface area contributed by atoms with Crippen LogP contribution in [0.25, 0.3) is 0 Å². The summed E-state index contributed by atoms with van der Waals surface area (Å²) in [5.41, 5.74) is 7.22. The molecule has 0 atom stereocenters. The second-order valence-electron chi connectivity index (χ2n) is 4.96. The summed E-state index contributed by atoms with van der Waals surface area (Å²) in [5, 5.41) is 5.04. The number of primary amides is 1. The van der Waals surface area contributed by atoms with Gasteiger partial charge in [-0.05, 0) is 23.3 Å². The molecule has 0 unspecified atom stereocenters. The number of hydrogen-bond donors (Lipinski definition) is 3. The number of carbonyl (C=O) groups excluding carboxylic acids is 3. The van der Waals surface area contributed by atoms with Crippen molar-refractivity contribution in [2.75, 3.05) is 5.32 Å². The van der Waals surface area contributed by atoms with Crippen molar-refractivity contribution in [3.63, 3.8) is 0 Å². The third-order valence-corrected chi connectivity index (χ3v) is 3.09. The fraction of sp³-hybridized carbons (Fsp3) is 0.118. The van der Waals surface area contributed by atoms with Crippen LogP contribution in [0.5, 0.6) is 0 Å². The highest BCUT2D eigenvalue weighted by atomic mass is 16.2. The first-order valence-electron chi connectivity index (χ1n) is 7.05. The molecular formula is C17H17N3O3. The summed E-state index contributed by atoms with van der Waals surface area (Å²) in [6, 6.07) is 15.9. The number of hydrogen-bond acceptors (Lipinski definition) is 3. The van der Waals surface area contributed by atoms with Gasteiger partial charge in [-0.15, -0.1) is 0 Å². The Bertz CT molecular complexity index is 697. The zero-order chi connectivity index (χ0) is 16.7. The lowest BCUT2D eigenvalue weighted by Gasteiger charge is -2.07. The van der Waals surface area contributed by atoms with Crippen LogP contribution in [-0.4, -0.2) is 17.7 Å². The van der Waals surface area contributed by atoms with Crippen molar-refractivity contribution in [1.29, 1.82) is 0 Å². The lowest BCUT2D eigenvalue weighted by molar-refractivity contribution is -0.136. The van der Waals surface area contributed by atoms with E-state index in [4.69, 9.17) is 5.73 Å². The summed E-state index contributed by atoms with van der Waals surface area (Å²) >= 11 is 0. The van der Waals surface area contributed by atoms with Crippen LogP contribution in [0.1, 0.15) is 11.1 Å². The molecule has 2 aromatic rings. The van der Waals surface area contributed by atoms with Gasteiger partial charge in [0.05, 0.1) is 6.42 Å². The van der Waals surface area contributed by atoms with Crippen LogP contribution in [0.15, 0.2) is 54.6 Å². The van der Waals surface area contributed by atoms with E-state index in [0.29, 0.717) is 5.69 Å². The molecule has 6 nitrogen and oxygen atoms in total. The second kappa shape index (κ2) is 7.74. The molecule has 0 heterocycles. The zero-order valence-electron chi connectivity index (χ0n) is 12.4. The molecule has 0 bridgehead atoms. The largest absolute Gasteiger partial charge is 0.369 e. The quantitative estimate of drug-likeness (QED) is 0.717. The minimum absolute atomic E-state index is 0.131. The highest BCUT2D eigenvalue weighted by Crippen LogP contribution is 2.10. The van der Waals surface area contributed by atoms with E-state index in [-0.39, 0.29) is 13.0 Å². The van der Waals surface area contributed by atoms with E-state index in [9.17, 15) is 14.4 Å². The van der Waals surface area contributed by atoms with Gasteiger partial charge < -0.3 is 16.4 Å². The summed E-state index contributed by atoms with van der Waals surface area (Å²) in [6.45, 7) is 0.282. The molecule has 118 valence electrons. The molecular weight excluding hydrogens is 294 g/mol. The first-order chi connectivity index (χ1) is 11.0. The summed E-state index contributed by atoms with van der Waals surface area (Å²) in [5.74, 6) is -1.89. The van der Waals surface area contributed by atoms with Gasteiger partial charge in [-0.3, -0.25) is 14.4 Å². The lowest BCUT2D eigenvalue weighted by Crippen LogP contribution is -2.34. The fourth-order valence-corrected chi connectivity index (χ4v) is 1.95. The molecule has 0 saturated carbocycles. The zero-order valence-corrected chi connectivity index (χ0v) is 12.4. The molecule has 0 aliphatic heterocycles. The van der Waals surface area contributed by atoms with Gasteiger partial charge in [0.25, 0.3) is 0 Å². The van der Waals surface area contributed by atoms with Crippen LogP contribution < -0.4 is 16.4 Å². The van der Waals surface area contributed by atoms with Crippen molar-refractivity contribution in [2.24, 2.45) is 5.73 Å². The molecule has 2 rings (SSSR count). The van der Waals surface area contributed by atoms with Crippen LogP contribution in [0.3, 0.4) is 0 Å². The third-order valence-electron chi connectivity index (χ3n) is 3.09. The van der Waals surface area contributed by atoms with Gasteiger partial charge in [-0.2, -0.15) is 0 Å². The Morgan fingerprint density at radius 3 is 2.09 bits per heavy atom. The molecule has 0 aromatic heterocycles. The van der Waals surface area contributed by atoms with Gasteiger partial charge in [0.15, 0.2) is 0 Å². The highest BCUT2D eigenvalue weighted by molar-refractivity contribution is 6.39. The average Bonchev–Trinajstić information content (AvgIpc) is 2.55. The Kier molecular flexibility index (Phi) is 5.46. The van der Waals surface area contributed by atoms with Crippen molar-refractivity contribution < 1.29 is 14.4 Å². The van der Waals surface area contributed by atoms with Gasteiger partial charge in [-0.1, -0.05) is 42.5 Å². The molecule has 0 aliphatic carbocycles. The van der Waals surface area contributed by atoms with E-state index in [0.717, 1.165) is 11.1 Å². The van der Waals surface area contributed by atoms with Crippen LogP contribution in [0.2, 0.25) is 0 Å². The Balaban J connectivity index is 1.85. The summed E-state index contributed by atoms with van der Waals surface area (Å²) in [4.78, 5) is 34.4. The van der Waals surface area contributed by atoms with E-state index in [1.807, 2.05) is 30.3 Å². The normalized spacial score (nSPS) is 9.91. The molecule has 0 radical (unpaired) electrons. The van der Waals surface area contributed by atoms with Crippen LogP contribution in [0, 0.1) is 0 Å². The maximum Gasteiger partial charge on any atom is 0.313 e. The highest BCUT2D eigenvalue weighted by Gasteiger charge is 2.13. The van der Waals surface area contributed by atoms with Crippen molar-refractivity contribution >= 4 is 23.4 Å². The van der Waals surface area contributed by atoms with Gasteiger partial charge in [0.1, 0.15) is 0 Å². The molecule has 3 amide bonds. The van der Waals surface area contributed by atoms with E-state index in [1.165, 1.54) is 0 Å². The molecule has 23 heavy (non-hydrogen) atoms. The smallest absolute Gasteiger partial charge is 0.313 e. The Morgan fingerprint density at radius 1 is 0.826 bits per heavy atom. The van der Waals surface area contributed by atoms with E-state index < -0.39 is 17.7 Å². The third kappa shape index (κ3) is 5.28. The molecule has 6 heteroatoms. The lowest BCUT2D eigenvalue weighted by atomic mass is 10.1. The summed E-state index contributed by atoms with van der Waals surface area (Å²) in [7, 11) is 0. The van der Waals surface area contributed by atoms with Gasteiger partial charge in [-0.25, -0.2) is 0 Å². The number of benzene rings is 2. The standard InChI is InChI=1S/C17H17N3O3/c18-15(21)10-12-6-8-14(9-7-12)20-17(23)16(22)19-11-13-4-2-1-3-5-13/h1-9H,10-11H2,(H2,18,21)(H,19,22)(H,20,23). The maximum absolute atomic E-state index is 11.8. The topological polar surface area (TPSA) is 101 Å². The van der Waals surface area contributed by atoms with Gasteiger partial charge >= 0.3 is 11.8 Å². The number of amides is 3. The SMILES string of the molecule is NC(=O)Cc1ccc(NC(=O)C(=O)NCc2ccccc2)cc1. The predicted molar refractivity (Wildman–Crippen MR) is 86.3 cm³/mol. The van der Waals surface area contributed by atoms with E-state index >= 15 is 0 Å². The van der Waals surface area contributed by atoms with Crippen molar-refractivity contribution in [1.82, 2.24) is 5.32 Å². The number of anilines is 1. The number of nitrogens with one attached hydrogen (secondary N) is 2. The first-order valence-corrected chi connectivity index (χ1v) is 7.05. The Hall–Kier alpha value is -3.15. The van der Waals surface area contributed by atoms with Crippen LogP contribution in [-0.2, 0) is 27.3 Å². The van der Waals surface area contributed by atoms with Crippen LogP contribution >= 0.6 is 0 Å².